The summed E-state index contributed by atoms with van der Waals surface area (Å²) in [6, 6.07) is 9.81. The van der Waals surface area contributed by atoms with Crippen LogP contribution in [0.2, 0.25) is 0 Å². The number of rotatable bonds is 4. The molecule has 140 valence electrons. The number of nitrogens with one attached hydrogen (secondary N) is 2. The van der Waals surface area contributed by atoms with Gasteiger partial charge in [-0.2, -0.15) is 18.3 Å². The van der Waals surface area contributed by atoms with E-state index >= 15 is 0 Å². The predicted molar refractivity (Wildman–Crippen MR) is 91.8 cm³/mol. The number of halogens is 4. The average Bonchev–Trinajstić information content (AvgIpc) is 3.01. The van der Waals surface area contributed by atoms with Crippen LogP contribution in [0.3, 0.4) is 0 Å². The van der Waals surface area contributed by atoms with Crippen LogP contribution in [-0.2, 0) is 12.7 Å². The third-order valence-corrected chi connectivity index (χ3v) is 3.61. The van der Waals surface area contributed by atoms with Crippen LogP contribution in [0.1, 0.15) is 11.1 Å². The molecule has 0 aliphatic rings. The number of carbonyl (C=O) groups is 1. The maximum atomic E-state index is 13.2. The van der Waals surface area contributed by atoms with Gasteiger partial charge in [-0.15, -0.1) is 0 Å². The first-order valence-corrected chi connectivity index (χ1v) is 7.82. The maximum absolute atomic E-state index is 13.2. The molecule has 2 amide bonds. The Morgan fingerprint density at radius 3 is 2.59 bits per heavy atom. The summed E-state index contributed by atoms with van der Waals surface area (Å²) in [7, 11) is 0. The first-order valence-electron chi connectivity index (χ1n) is 7.82. The van der Waals surface area contributed by atoms with Gasteiger partial charge in [-0.1, -0.05) is 24.3 Å². The van der Waals surface area contributed by atoms with Crippen molar-refractivity contribution in [3.63, 3.8) is 0 Å². The van der Waals surface area contributed by atoms with Gasteiger partial charge in [0.05, 0.1) is 29.7 Å². The van der Waals surface area contributed by atoms with E-state index in [1.807, 2.05) is 0 Å². The Bertz CT molecular complexity index is 952. The fraction of sp³-hybridized carbons (Fsp3) is 0.111. The van der Waals surface area contributed by atoms with Gasteiger partial charge in [0, 0.05) is 6.20 Å². The third-order valence-electron chi connectivity index (χ3n) is 3.61. The van der Waals surface area contributed by atoms with E-state index in [1.54, 1.807) is 12.1 Å². The van der Waals surface area contributed by atoms with Crippen LogP contribution in [0, 0.1) is 5.82 Å². The molecule has 0 fully saturated rings. The third kappa shape index (κ3) is 4.84. The summed E-state index contributed by atoms with van der Waals surface area (Å²) in [5.74, 6) is -0.374. The van der Waals surface area contributed by atoms with Crippen LogP contribution in [-0.4, -0.2) is 15.8 Å². The van der Waals surface area contributed by atoms with Gasteiger partial charge in [-0.25, -0.2) is 9.18 Å². The van der Waals surface area contributed by atoms with Crippen molar-refractivity contribution in [1.82, 2.24) is 9.78 Å². The summed E-state index contributed by atoms with van der Waals surface area (Å²) >= 11 is 0. The minimum Gasteiger partial charge on any atom is -0.307 e. The molecular weight excluding hydrogens is 364 g/mol. The fourth-order valence-corrected chi connectivity index (χ4v) is 2.46. The molecule has 0 unspecified atom stereocenters. The van der Waals surface area contributed by atoms with Gasteiger partial charge < -0.3 is 10.6 Å². The topological polar surface area (TPSA) is 59.0 Å². The van der Waals surface area contributed by atoms with E-state index in [-0.39, 0.29) is 23.7 Å². The highest BCUT2D eigenvalue weighted by Gasteiger charge is 2.33. The zero-order valence-corrected chi connectivity index (χ0v) is 13.8. The highest BCUT2D eigenvalue weighted by atomic mass is 19.4. The molecule has 9 heteroatoms. The molecule has 27 heavy (non-hydrogen) atoms. The minimum absolute atomic E-state index is 0.276. The van der Waals surface area contributed by atoms with E-state index in [0.717, 1.165) is 12.1 Å². The summed E-state index contributed by atoms with van der Waals surface area (Å²) < 4.78 is 53.5. The number of para-hydroxylation sites is 1. The number of hydrogen-bond donors (Lipinski definition) is 2. The maximum Gasteiger partial charge on any atom is 0.418 e. The van der Waals surface area contributed by atoms with E-state index in [4.69, 9.17) is 0 Å². The molecular formula is C18H14F4N4O. The highest BCUT2D eigenvalue weighted by molar-refractivity contribution is 6.00. The zero-order chi connectivity index (χ0) is 19.4. The van der Waals surface area contributed by atoms with Crippen molar-refractivity contribution in [1.29, 1.82) is 0 Å². The number of aromatic nitrogens is 2. The summed E-state index contributed by atoms with van der Waals surface area (Å²) in [5.41, 5.74) is -0.335. The lowest BCUT2D eigenvalue weighted by Crippen LogP contribution is -2.21. The molecule has 2 N–H and O–H groups in total. The van der Waals surface area contributed by atoms with E-state index in [0.29, 0.717) is 5.56 Å². The SMILES string of the molecule is O=C(Nc1cnn(Cc2cccc(F)c2)c1)Nc1ccccc1C(F)(F)F. The van der Waals surface area contributed by atoms with Gasteiger partial charge in [0.25, 0.3) is 0 Å². The number of nitrogens with zero attached hydrogens (tertiary/aromatic N) is 2. The first kappa shape index (κ1) is 18.4. The second-order valence-electron chi connectivity index (χ2n) is 5.68. The van der Waals surface area contributed by atoms with Crippen LogP contribution < -0.4 is 10.6 Å². The van der Waals surface area contributed by atoms with Gasteiger partial charge >= 0.3 is 12.2 Å². The number of alkyl halides is 3. The molecule has 0 aliphatic carbocycles. The number of carbonyl (C=O) groups excluding carboxylic acids is 1. The number of amides is 2. The summed E-state index contributed by atoms with van der Waals surface area (Å²) in [6.07, 6.45) is -1.76. The molecule has 0 atom stereocenters. The standard InChI is InChI=1S/C18H14F4N4O/c19-13-5-3-4-12(8-13)10-26-11-14(9-23-26)24-17(27)25-16-7-2-1-6-15(16)18(20,21)22/h1-9,11H,10H2,(H2,24,25,27). The minimum atomic E-state index is -4.58. The van der Waals surface area contributed by atoms with Crippen molar-refractivity contribution >= 4 is 17.4 Å². The Kier molecular flexibility index (Phi) is 5.11. The Balaban J connectivity index is 1.65. The van der Waals surface area contributed by atoms with Crippen molar-refractivity contribution in [3.8, 4) is 0 Å². The van der Waals surface area contributed by atoms with Gasteiger partial charge in [0.1, 0.15) is 5.82 Å². The normalized spacial score (nSPS) is 11.3. The highest BCUT2D eigenvalue weighted by Crippen LogP contribution is 2.34. The van der Waals surface area contributed by atoms with Crippen molar-refractivity contribution < 1.29 is 22.4 Å². The number of hydrogen-bond acceptors (Lipinski definition) is 2. The molecule has 1 aromatic heterocycles. The quantitative estimate of drug-likeness (QED) is 0.645. The molecule has 0 saturated heterocycles. The number of anilines is 2. The van der Waals surface area contributed by atoms with Gasteiger partial charge in [0.15, 0.2) is 0 Å². The summed E-state index contributed by atoms with van der Waals surface area (Å²) in [5, 5.41) is 8.62. The fourth-order valence-electron chi connectivity index (χ4n) is 2.46. The molecule has 0 bridgehead atoms. The molecule has 0 aliphatic heterocycles. The second-order valence-corrected chi connectivity index (χ2v) is 5.68. The Morgan fingerprint density at radius 2 is 1.85 bits per heavy atom. The average molecular weight is 378 g/mol. The van der Waals surface area contributed by atoms with Gasteiger partial charge in [0.2, 0.25) is 0 Å². The van der Waals surface area contributed by atoms with E-state index in [9.17, 15) is 22.4 Å². The van der Waals surface area contributed by atoms with E-state index in [2.05, 4.69) is 15.7 Å². The Labute approximate surface area is 151 Å². The molecule has 3 aromatic rings. The van der Waals surface area contributed by atoms with Crippen LogP contribution >= 0.6 is 0 Å². The first-order chi connectivity index (χ1) is 12.8. The van der Waals surface area contributed by atoms with Gasteiger partial charge in [-0.3, -0.25) is 4.68 Å². The van der Waals surface area contributed by atoms with Crippen LogP contribution in [0.25, 0.3) is 0 Å². The van der Waals surface area contributed by atoms with Crippen LogP contribution in [0.4, 0.5) is 33.7 Å². The summed E-state index contributed by atoms with van der Waals surface area (Å²) in [4.78, 5) is 12.0. The smallest absolute Gasteiger partial charge is 0.307 e. The van der Waals surface area contributed by atoms with Crippen molar-refractivity contribution in [2.45, 2.75) is 12.7 Å². The molecule has 3 rings (SSSR count). The second kappa shape index (κ2) is 7.48. The number of benzene rings is 2. The molecule has 2 aromatic carbocycles. The largest absolute Gasteiger partial charge is 0.418 e. The Morgan fingerprint density at radius 1 is 1.07 bits per heavy atom. The lowest BCUT2D eigenvalue weighted by atomic mass is 10.1. The lowest BCUT2D eigenvalue weighted by Gasteiger charge is -2.13. The van der Waals surface area contributed by atoms with Crippen LogP contribution in [0.5, 0.6) is 0 Å². The van der Waals surface area contributed by atoms with Crippen molar-refractivity contribution in [2.24, 2.45) is 0 Å². The molecule has 5 nitrogen and oxygen atoms in total. The molecule has 0 radical (unpaired) electrons. The number of urea groups is 1. The molecule has 0 saturated carbocycles. The zero-order valence-electron chi connectivity index (χ0n) is 13.8. The monoisotopic (exact) mass is 378 g/mol. The summed E-state index contributed by atoms with van der Waals surface area (Å²) in [6.45, 7) is 0.276. The van der Waals surface area contributed by atoms with E-state index in [1.165, 1.54) is 41.3 Å². The van der Waals surface area contributed by atoms with E-state index < -0.39 is 17.8 Å². The van der Waals surface area contributed by atoms with Crippen LogP contribution in [0.15, 0.2) is 60.9 Å². The lowest BCUT2D eigenvalue weighted by molar-refractivity contribution is -0.136. The Hall–Kier alpha value is -3.36. The molecule has 1 heterocycles. The van der Waals surface area contributed by atoms with Crippen molar-refractivity contribution in [3.05, 3.63) is 77.9 Å². The van der Waals surface area contributed by atoms with Gasteiger partial charge in [-0.05, 0) is 29.8 Å². The predicted octanol–water partition coefficient (Wildman–Crippen LogP) is 4.73. The molecule has 0 spiro atoms. The van der Waals surface area contributed by atoms with Crippen molar-refractivity contribution in [2.75, 3.05) is 10.6 Å².